The van der Waals surface area contributed by atoms with Gasteiger partial charge in [-0.15, -0.1) is 0 Å². The van der Waals surface area contributed by atoms with E-state index >= 15 is 0 Å². The zero-order chi connectivity index (χ0) is 22.6. The molecule has 0 radical (unpaired) electrons. The van der Waals surface area contributed by atoms with Crippen molar-refractivity contribution >= 4 is 27.5 Å². The Balaban J connectivity index is 1.51. The number of amides is 1. The molecule has 1 aromatic carbocycles. The van der Waals surface area contributed by atoms with Crippen LogP contribution in [0.4, 0.5) is 13.2 Å². The number of rotatable bonds is 4. The van der Waals surface area contributed by atoms with E-state index < -0.39 is 17.8 Å². The smallest absolute Gasteiger partial charge is 0.348 e. The molecule has 168 valence electrons. The zero-order valence-corrected chi connectivity index (χ0v) is 18.9. The first-order valence-electron chi connectivity index (χ1n) is 10.7. The average Bonchev–Trinajstić information content (AvgIpc) is 3.48. The molecule has 2 saturated carbocycles. The van der Waals surface area contributed by atoms with Crippen molar-refractivity contribution in [3.63, 3.8) is 0 Å². The highest BCUT2D eigenvalue weighted by molar-refractivity contribution is 9.10. The Bertz CT molecular complexity index is 1180. The van der Waals surface area contributed by atoms with E-state index in [1.54, 1.807) is 30.3 Å². The summed E-state index contributed by atoms with van der Waals surface area (Å²) >= 11 is 3.29. The van der Waals surface area contributed by atoms with Crippen LogP contribution < -0.4 is 5.32 Å². The molecule has 2 aliphatic carbocycles. The van der Waals surface area contributed by atoms with Crippen molar-refractivity contribution < 1.29 is 18.0 Å². The van der Waals surface area contributed by atoms with Gasteiger partial charge in [0, 0.05) is 11.6 Å². The number of fused-ring (bicyclic) bond motifs is 3. The molecule has 1 N–H and O–H groups in total. The quantitative estimate of drug-likeness (QED) is 0.491. The van der Waals surface area contributed by atoms with E-state index in [9.17, 15) is 18.0 Å². The van der Waals surface area contributed by atoms with E-state index in [0.29, 0.717) is 21.9 Å². The largest absolute Gasteiger partial charge is 0.433 e. The third-order valence-corrected chi connectivity index (χ3v) is 7.63. The normalized spacial score (nSPS) is 23.6. The van der Waals surface area contributed by atoms with Crippen LogP contribution in [0.2, 0.25) is 0 Å². The first kappa shape index (κ1) is 21.4. The maximum atomic E-state index is 13.9. The van der Waals surface area contributed by atoms with Gasteiger partial charge < -0.3 is 5.32 Å². The number of nitrogens with zero attached hydrogens (tertiary/aromatic N) is 3. The number of carbonyl (C=O) groups is 1. The Hall–Kier alpha value is -2.42. The monoisotopic (exact) mass is 506 g/mol. The van der Waals surface area contributed by atoms with Crippen molar-refractivity contribution in [1.29, 1.82) is 0 Å². The average molecular weight is 507 g/mol. The maximum Gasteiger partial charge on any atom is 0.433 e. The second-order valence-electron chi connectivity index (χ2n) is 8.89. The molecule has 2 aliphatic rings. The molecule has 0 aliphatic heterocycles. The summed E-state index contributed by atoms with van der Waals surface area (Å²) in [6, 6.07) is 9.51. The minimum absolute atomic E-state index is 0.0450. The van der Waals surface area contributed by atoms with Gasteiger partial charge in [-0.25, -0.2) is 9.50 Å². The molecule has 4 atom stereocenters. The molecule has 2 fully saturated rings. The summed E-state index contributed by atoms with van der Waals surface area (Å²) in [6.45, 7) is 1.97. The first-order valence-corrected chi connectivity index (χ1v) is 11.5. The highest BCUT2D eigenvalue weighted by atomic mass is 79.9. The predicted molar refractivity (Wildman–Crippen MR) is 117 cm³/mol. The fourth-order valence-corrected chi connectivity index (χ4v) is 5.90. The van der Waals surface area contributed by atoms with Crippen LogP contribution in [-0.2, 0) is 6.18 Å². The van der Waals surface area contributed by atoms with Crippen molar-refractivity contribution in [3.8, 4) is 11.3 Å². The van der Waals surface area contributed by atoms with Gasteiger partial charge in [0.05, 0.1) is 10.2 Å². The molecule has 0 spiro atoms. The van der Waals surface area contributed by atoms with Crippen LogP contribution in [0, 0.1) is 17.8 Å². The third kappa shape index (κ3) is 3.70. The summed E-state index contributed by atoms with van der Waals surface area (Å²) in [6.07, 6.45) is 0.0905. The minimum Gasteiger partial charge on any atom is -0.348 e. The number of nitrogens with one attached hydrogen (secondary N) is 1. The molecule has 2 bridgehead atoms. The van der Waals surface area contributed by atoms with E-state index in [2.05, 4.69) is 31.3 Å². The summed E-state index contributed by atoms with van der Waals surface area (Å²) in [7, 11) is 0. The van der Waals surface area contributed by atoms with Crippen LogP contribution in [-0.4, -0.2) is 26.5 Å². The molecular weight excluding hydrogens is 485 g/mol. The number of hydrogen-bond donors (Lipinski definition) is 1. The van der Waals surface area contributed by atoms with Gasteiger partial charge in [-0.3, -0.25) is 4.79 Å². The van der Waals surface area contributed by atoms with Gasteiger partial charge in [0.15, 0.2) is 17.0 Å². The number of halogens is 4. The highest BCUT2D eigenvalue weighted by Gasteiger charge is 2.42. The minimum atomic E-state index is -4.67. The fraction of sp³-hybridized carbons (Fsp3) is 0.435. The Morgan fingerprint density at radius 3 is 2.59 bits per heavy atom. The molecule has 32 heavy (non-hydrogen) atoms. The maximum absolute atomic E-state index is 13.9. The van der Waals surface area contributed by atoms with Crippen molar-refractivity contribution in [2.75, 3.05) is 0 Å². The molecular formula is C23H22BrF3N4O. The second-order valence-corrected chi connectivity index (χ2v) is 9.68. The van der Waals surface area contributed by atoms with Crippen LogP contribution in [0.25, 0.3) is 16.9 Å². The molecule has 1 amide bonds. The van der Waals surface area contributed by atoms with E-state index in [1.165, 1.54) is 19.3 Å². The Morgan fingerprint density at radius 2 is 1.97 bits per heavy atom. The lowest BCUT2D eigenvalue weighted by molar-refractivity contribution is -0.142. The molecule has 2 aromatic heterocycles. The summed E-state index contributed by atoms with van der Waals surface area (Å²) in [5.41, 5.74) is -0.417. The van der Waals surface area contributed by atoms with Crippen LogP contribution in [0.15, 0.2) is 40.9 Å². The molecule has 2 heterocycles. The Labute approximate surface area is 191 Å². The van der Waals surface area contributed by atoms with Crippen molar-refractivity contribution in [1.82, 2.24) is 19.9 Å². The van der Waals surface area contributed by atoms with Crippen LogP contribution >= 0.6 is 15.9 Å². The lowest BCUT2D eigenvalue weighted by atomic mass is 9.84. The zero-order valence-electron chi connectivity index (χ0n) is 17.4. The first-order chi connectivity index (χ1) is 15.2. The summed E-state index contributed by atoms with van der Waals surface area (Å²) in [5.74, 6) is 1.27. The van der Waals surface area contributed by atoms with Gasteiger partial charge in [0.25, 0.3) is 5.91 Å². The lowest BCUT2D eigenvalue weighted by Gasteiger charge is -2.28. The van der Waals surface area contributed by atoms with E-state index in [0.717, 1.165) is 18.4 Å². The van der Waals surface area contributed by atoms with E-state index in [-0.39, 0.29) is 27.5 Å². The molecule has 3 aromatic rings. The van der Waals surface area contributed by atoms with Crippen LogP contribution in [0.3, 0.4) is 0 Å². The topological polar surface area (TPSA) is 59.3 Å². The second kappa shape index (κ2) is 7.86. The standard InChI is InChI=1S/C23H22BrF3N4O/c1-12(16-10-13-7-8-15(16)9-13)28-22(32)20-19(24)21-29-17(14-5-3-2-4-6-14)11-18(23(25,26)27)31(21)30-20/h2-6,11-13,15-16H,7-10H2,1H3,(H,28,32)/t12-,13-,15-,16+/m0/s1. The number of benzene rings is 1. The Kier molecular flexibility index (Phi) is 5.27. The number of alkyl halides is 3. The van der Waals surface area contributed by atoms with Gasteiger partial charge in [-0.1, -0.05) is 36.8 Å². The number of aromatic nitrogens is 3. The van der Waals surface area contributed by atoms with Gasteiger partial charge >= 0.3 is 6.18 Å². The van der Waals surface area contributed by atoms with E-state index in [1.807, 2.05) is 6.92 Å². The Morgan fingerprint density at radius 1 is 1.22 bits per heavy atom. The molecule has 5 rings (SSSR count). The molecule has 0 unspecified atom stereocenters. The molecule has 0 saturated heterocycles. The van der Waals surface area contributed by atoms with Crippen molar-refractivity contribution in [2.24, 2.45) is 17.8 Å². The number of carbonyl (C=O) groups excluding carboxylic acids is 1. The van der Waals surface area contributed by atoms with Crippen LogP contribution in [0.1, 0.15) is 48.8 Å². The van der Waals surface area contributed by atoms with Crippen LogP contribution in [0.5, 0.6) is 0 Å². The number of hydrogen-bond acceptors (Lipinski definition) is 3. The van der Waals surface area contributed by atoms with Crippen molar-refractivity contribution in [3.05, 3.63) is 52.3 Å². The summed E-state index contributed by atoms with van der Waals surface area (Å²) in [5, 5.41) is 6.99. The summed E-state index contributed by atoms with van der Waals surface area (Å²) < 4.78 is 42.4. The third-order valence-electron chi connectivity index (χ3n) is 6.90. The highest BCUT2D eigenvalue weighted by Crippen LogP contribution is 2.49. The fourth-order valence-electron chi connectivity index (χ4n) is 5.38. The van der Waals surface area contributed by atoms with E-state index in [4.69, 9.17) is 0 Å². The van der Waals surface area contributed by atoms with Crippen molar-refractivity contribution in [2.45, 2.75) is 44.8 Å². The molecule has 5 nitrogen and oxygen atoms in total. The van der Waals surface area contributed by atoms with Gasteiger partial charge in [-0.05, 0) is 65.9 Å². The predicted octanol–water partition coefficient (Wildman–Crippen LogP) is 5.73. The van der Waals surface area contributed by atoms with Gasteiger partial charge in [-0.2, -0.15) is 18.3 Å². The molecule has 9 heteroatoms. The van der Waals surface area contributed by atoms with Gasteiger partial charge in [0.1, 0.15) is 0 Å². The lowest BCUT2D eigenvalue weighted by Crippen LogP contribution is -2.40. The SMILES string of the molecule is C[C@H](NC(=O)c1nn2c(C(F)(F)F)cc(-c3ccccc3)nc2c1Br)[C@H]1C[C@H]2CC[C@H]1C2. The van der Waals surface area contributed by atoms with Gasteiger partial charge in [0.2, 0.25) is 0 Å². The summed E-state index contributed by atoms with van der Waals surface area (Å²) in [4.78, 5) is 17.4.